The number of carbonyl (C=O) groups excluding carboxylic acids is 3. The maximum atomic E-state index is 11.7. The Morgan fingerprint density at radius 2 is 2.00 bits per heavy atom. The van der Waals surface area contributed by atoms with Crippen LogP contribution in [0, 0.1) is 0 Å². The average molecular weight is 245 g/mol. The number of carbonyl (C=O) groups is 2. The number of urea groups is 1. The van der Waals surface area contributed by atoms with Crippen LogP contribution in [0.3, 0.4) is 0 Å². The minimum Gasteiger partial charge on any atom is -0.341 e. The van der Waals surface area contributed by atoms with E-state index in [-0.39, 0.29) is 0 Å². The average Bonchev–Trinajstić information content (AvgIpc) is 2.42. The van der Waals surface area contributed by atoms with Crippen LogP contribution >= 0.6 is 0 Å². The molecule has 5 nitrogen and oxygen atoms in total. The Balaban J connectivity index is 2.75. The highest BCUT2D eigenvalue weighted by molar-refractivity contribution is 6.03. The van der Waals surface area contributed by atoms with Gasteiger partial charge in [0.2, 0.25) is 6.29 Å². The number of benzene rings is 1. The smallest absolute Gasteiger partial charge is 0.324 e. The van der Waals surface area contributed by atoms with Crippen molar-refractivity contribution in [1.29, 1.82) is 0 Å². The lowest BCUT2D eigenvalue weighted by molar-refractivity contribution is -0.122. The first-order valence-electron chi connectivity index (χ1n) is 5.30. The molecule has 0 spiro atoms. The van der Waals surface area contributed by atoms with E-state index in [0.717, 1.165) is 10.5 Å². The summed E-state index contributed by atoms with van der Waals surface area (Å²) in [5.41, 5.74) is 0.831. The number of rotatable bonds is 4. The second kappa shape index (κ2) is 7.01. The van der Waals surface area contributed by atoms with Gasteiger partial charge in [0.1, 0.15) is 0 Å². The Morgan fingerprint density at radius 1 is 1.33 bits per heavy atom. The molecule has 0 saturated heterocycles. The molecule has 0 fully saturated rings. The van der Waals surface area contributed by atoms with Crippen LogP contribution in [-0.2, 0) is 9.59 Å². The Hall–Kier alpha value is -2.43. The molecule has 0 unspecified atom stereocenters. The van der Waals surface area contributed by atoms with E-state index in [9.17, 15) is 14.4 Å². The van der Waals surface area contributed by atoms with Crippen molar-refractivity contribution >= 4 is 24.3 Å². The topological polar surface area (TPSA) is 66.5 Å². The van der Waals surface area contributed by atoms with Crippen molar-refractivity contribution in [2.45, 2.75) is 0 Å². The van der Waals surface area contributed by atoms with Crippen LogP contribution in [0.5, 0.6) is 0 Å². The third kappa shape index (κ3) is 3.86. The fraction of sp³-hybridized carbons (Fsp3) is 0.154. The Kier molecular flexibility index (Phi) is 5.31. The second-order valence-corrected chi connectivity index (χ2v) is 3.37. The molecule has 1 aromatic rings. The molecule has 1 radical (unpaired) electrons. The molecule has 0 bridgehead atoms. The summed E-state index contributed by atoms with van der Waals surface area (Å²) in [6.45, 7) is -0.391. The first kappa shape index (κ1) is 13.6. The third-order valence-electron chi connectivity index (χ3n) is 2.17. The molecule has 0 atom stereocenters. The first-order valence-corrected chi connectivity index (χ1v) is 5.30. The SMILES string of the molecule is CNC(=O)N(C[C]=O)C(=O)C=Cc1ccccc1. The van der Waals surface area contributed by atoms with E-state index in [2.05, 4.69) is 5.32 Å². The Labute approximate surface area is 105 Å². The largest absolute Gasteiger partial charge is 0.341 e. The third-order valence-corrected chi connectivity index (χ3v) is 2.17. The zero-order valence-corrected chi connectivity index (χ0v) is 9.92. The highest BCUT2D eigenvalue weighted by atomic mass is 16.2. The van der Waals surface area contributed by atoms with Crippen LogP contribution in [0.15, 0.2) is 36.4 Å². The van der Waals surface area contributed by atoms with E-state index in [1.165, 1.54) is 19.4 Å². The maximum absolute atomic E-state index is 11.7. The molecular weight excluding hydrogens is 232 g/mol. The fourth-order valence-electron chi connectivity index (χ4n) is 1.27. The van der Waals surface area contributed by atoms with Gasteiger partial charge in [0.15, 0.2) is 0 Å². The van der Waals surface area contributed by atoms with Crippen LogP contribution in [0.4, 0.5) is 4.79 Å². The zero-order valence-electron chi connectivity index (χ0n) is 9.92. The lowest BCUT2D eigenvalue weighted by atomic mass is 10.2. The lowest BCUT2D eigenvalue weighted by Gasteiger charge is -2.14. The second-order valence-electron chi connectivity index (χ2n) is 3.37. The standard InChI is InChI=1S/C13H13N2O3/c1-14-13(18)15(9-10-16)12(17)8-7-11-5-3-2-4-6-11/h2-8H,9H2,1H3,(H,14,18). The molecule has 0 aliphatic rings. The van der Waals surface area contributed by atoms with Gasteiger partial charge in [-0.1, -0.05) is 30.3 Å². The van der Waals surface area contributed by atoms with Gasteiger partial charge < -0.3 is 5.32 Å². The Morgan fingerprint density at radius 3 is 2.56 bits per heavy atom. The molecule has 0 aliphatic heterocycles. The van der Waals surface area contributed by atoms with Crippen LogP contribution in [0.1, 0.15) is 5.56 Å². The van der Waals surface area contributed by atoms with Crippen molar-refractivity contribution in [2.75, 3.05) is 13.6 Å². The summed E-state index contributed by atoms with van der Waals surface area (Å²) in [6, 6.07) is 8.53. The predicted molar refractivity (Wildman–Crippen MR) is 67.3 cm³/mol. The van der Waals surface area contributed by atoms with E-state index in [0.29, 0.717) is 0 Å². The van der Waals surface area contributed by atoms with Crippen molar-refractivity contribution < 1.29 is 14.4 Å². The van der Waals surface area contributed by atoms with Crippen LogP contribution in [0.2, 0.25) is 0 Å². The molecule has 0 heterocycles. The molecule has 1 rings (SSSR count). The molecule has 0 aromatic heterocycles. The highest BCUT2D eigenvalue weighted by Crippen LogP contribution is 2.02. The van der Waals surface area contributed by atoms with Crippen molar-refractivity contribution in [2.24, 2.45) is 0 Å². The normalized spacial score (nSPS) is 10.1. The fourth-order valence-corrected chi connectivity index (χ4v) is 1.27. The monoisotopic (exact) mass is 245 g/mol. The summed E-state index contributed by atoms with van der Waals surface area (Å²) in [6.07, 6.45) is 4.33. The van der Waals surface area contributed by atoms with E-state index >= 15 is 0 Å². The first-order chi connectivity index (χ1) is 8.69. The maximum Gasteiger partial charge on any atom is 0.324 e. The number of amides is 3. The van der Waals surface area contributed by atoms with Crippen LogP contribution < -0.4 is 5.32 Å². The van der Waals surface area contributed by atoms with Crippen LogP contribution in [-0.4, -0.2) is 36.7 Å². The summed E-state index contributed by atoms with van der Waals surface area (Å²) >= 11 is 0. The van der Waals surface area contributed by atoms with Crippen LogP contribution in [0.25, 0.3) is 6.08 Å². The number of nitrogens with one attached hydrogen (secondary N) is 1. The summed E-state index contributed by atoms with van der Waals surface area (Å²) < 4.78 is 0. The molecule has 0 saturated carbocycles. The molecule has 3 amide bonds. The summed E-state index contributed by atoms with van der Waals surface area (Å²) in [7, 11) is 1.38. The van der Waals surface area contributed by atoms with E-state index in [1.807, 2.05) is 30.3 Å². The highest BCUT2D eigenvalue weighted by Gasteiger charge is 2.17. The van der Waals surface area contributed by atoms with E-state index in [4.69, 9.17) is 0 Å². The summed E-state index contributed by atoms with van der Waals surface area (Å²) in [5, 5.41) is 2.28. The molecule has 93 valence electrons. The number of nitrogens with zero attached hydrogens (tertiary/aromatic N) is 1. The lowest BCUT2D eigenvalue weighted by Crippen LogP contribution is -2.42. The van der Waals surface area contributed by atoms with Gasteiger partial charge in [-0.25, -0.2) is 4.79 Å². The molecule has 5 heteroatoms. The quantitative estimate of drug-likeness (QED) is 0.804. The van der Waals surface area contributed by atoms with Crippen molar-refractivity contribution in [3.8, 4) is 0 Å². The predicted octanol–water partition coefficient (Wildman–Crippen LogP) is 0.977. The number of hydrogen-bond acceptors (Lipinski definition) is 3. The zero-order chi connectivity index (χ0) is 13.4. The van der Waals surface area contributed by atoms with Gasteiger partial charge in [-0.3, -0.25) is 14.5 Å². The van der Waals surface area contributed by atoms with Crippen molar-refractivity contribution in [3.63, 3.8) is 0 Å². The molecule has 1 N–H and O–H groups in total. The summed E-state index contributed by atoms with van der Waals surface area (Å²) in [5.74, 6) is -0.568. The molecule has 18 heavy (non-hydrogen) atoms. The van der Waals surface area contributed by atoms with E-state index < -0.39 is 18.5 Å². The summed E-state index contributed by atoms with van der Waals surface area (Å²) in [4.78, 5) is 34.1. The van der Waals surface area contributed by atoms with Gasteiger partial charge >= 0.3 is 6.03 Å². The van der Waals surface area contributed by atoms with Gasteiger partial charge in [0, 0.05) is 13.1 Å². The molecule has 1 aromatic carbocycles. The number of imide groups is 1. The van der Waals surface area contributed by atoms with Gasteiger partial charge in [0.25, 0.3) is 5.91 Å². The van der Waals surface area contributed by atoms with Gasteiger partial charge in [-0.15, -0.1) is 0 Å². The Bertz CT molecular complexity index is 455. The van der Waals surface area contributed by atoms with Gasteiger partial charge in [-0.2, -0.15) is 0 Å². The van der Waals surface area contributed by atoms with Crippen molar-refractivity contribution in [3.05, 3.63) is 42.0 Å². The molecular formula is C13H13N2O3. The van der Waals surface area contributed by atoms with E-state index in [1.54, 1.807) is 6.08 Å². The van der Waals surface area contributed by atoms with Gasteiger partial charge in [0.05, 0.1) is 6.54 Å². The minimum atomic E-state index is -0.638. The van der Waals surface area contributed by atoms with Crippen molar-refractivity contribution in [1.82, 2.24) is 10.2 Å². The number of hydrogen-bond donors (Lipinski definition) is 1. The molecule has 0 aliphatic carbocycles. The van der Waals surface area contributed by atoms with Gasteiger partial charge in [-0.05, 0) is 11.6 Å². The minimum absolute atomic E-state index is 0.391.